The maximum Gasteiger partial charge on any atom is 0.172 e. The maximum atomic E-state index is 6.22. The third-order valence-corrected chi connectivity index (χ3v) is 6.03. The van der Waals surface area contributed by atoms with Gasteiger partial charge in [0.1, 0.15) is 5.82 Å². The molecule has 0 bridgehead atoms. The molecule has 0 unspecified atom stereocenters. The van der Waals surface area contributed by atoms with Gasteiger partial charge in [-0.25, -0.2) is 4.98 Å². The summed E-state index contributed by atoms with van der Waals surface area (Å²) in [6.07, 6.45) is 3.56. The van der Waals surface area contributed by atoms with Crippen LogP contribution in [0.5, 0.6) is 0 Å². The Morgan fingerprint density at radius 2 is 2.04 bits per heavy atom. The lowest BCUT2D eigenvalue weighted by Gasteiger charge is -2.38. The molecule has 0 saturated carbocycles. The van der Waals surface area contributed by atoms with Crippen LogP contribution in [0.25, 0.3) is 0 Å². The maximum absolute atomic E-state index is 6.22. The molecule has 1 aromatic carbocycles. The van der Waals surface area contributed by atoms with Crippen molar-refractivity contribution < 1.29 is 4.74 Å². The van der Waals surface area contributed by atoms with Crippen LogP contribution in [0.15, 0.2) is 45.5 Å². The average molecular weight is 520 g/mol. The summed E-state index contributed by atoms with van der Waals surface area (Å²) < 4.78 is 7.31. The van der Waals surface area contributed by atoms with E-state index in [9.17, 15) is 0 Å². The minimum atomic E-state index is -0.0563. The number of ether oxygens (including phenoxy) is 1. The van der Waals surface area contributed by atoms with E-state index in [-0.39, 0.29) is 5.41 Å². The number of nitrogens with one attached hydrogen (secondary N) is 2. The summed E-state index contributed by atoms with van der Waals surface area (Å²) in [4.78, 5) is 4.33. The molecule has 1 aliphatic rings. The van der Waals surface area contributed by atoms with Gasteiger partial charge in [0.2, 0.25) is 0 Å². The topological polar surface area (TPSA) is 46.2 Å². The van der Waals surface area contributed by atoms with Gasteiger partial charge in [-0.15, -0.1) is 0 Å². The predicted octanol–water partition coefficient (Wildman–Crippen LogP) is 5.29. The largest absolute Gasteiger partial charge is 0.381 e. The monoisotopic (exact) mass is 517 g/mol. The van der Waals surface area contributed by atoms with Gasteiger partial charge in [-0.2, -0.15) is 0 Å². The molecule has 1 saturated heterocycles. The molecular formula is C18H18Br2ClN3OS. The number of pyridine rings is 1. The summed E-state index contributed by atoms with van der Waals surface area (Å²) in [7, 11) is 0. The van der Waals surface area contributed by atoms with Gasteiger partial charge in [0.15, 0.2) is 5.11 Å². The van der Waals surface area contributed by atoms with Crippen molar-refractivity contribution in [3.8, 4) is 0 Å². The zero-order valence-corrected chi connectivity index (χ0v) is 18.6. The average Bonchev–Trinajstić information content (AvgIpc) is 2.63. The molecule has 0 atom stereocenters. The van der Waals surface area contributed by atoms with E-state index in [0.29, 0.717) is 17.5 Å². The second kappa shape index (κ2) is 8.97. The van der Waals surface area contributed by atoms with Crippen molar-refractivity contribution in [2.75, 3.05) is 25.1 Å². The fourth-order valence-electron chi connectivity index (χ4n) is 3.06. The number of hydrogen-bond donors (Lipinski definition) is 2. The molecule has 0 radical (unpaired) electrons. The number of aromatic nitrogens is 1. The molecule has 2 heterocycles. The summed E-state index contributed by atoms with van der Waals surface area (Å²) in [6, 6.07) is 9.98. The fraction of sp³-hybridized carbons (Fsp3) is 0.333. The quantitative estimate of drug-likeness (QED) is 0.537. The molecular weight excluding hydrogens is 502 g/mol. The van der Waals surface area contributed by atoms with E-state index in [1.165, 1.54) is 5.56 Å². The molecule has 2 N–H and O–H groups in total. The van der Waals surface area contributed by atoms with Crippen LogP contribution in [-0.4, -0.2) is 29.9 Å². The highest BCUT2D eigenvalue weighted by atomic mass is 79.9. The van der Waals surface area contributed by atoms with Gasteiger partial charge in [0.25, 0.3) is 0 Å². The van der Waals surface area contributed by atoms with E-state index < -0.39 is 0 Å². The zero-order valence-electron chi connectivity index (χ0n) is 13.9. The number of halogens is 3. The van der Waals surface area contributed by atoms with E-state index >= 15 is 0 Å². The van der Waals surface area contributed by atoms with Crippen LogP contribution in [0.4, 0.5) is 5.82 Å². The van der Waals surface area contributed by atoms with Gasteiger partial charge >= 0.3 is 0 Å². The number of rotatable bonds is 4. The smallest absolute Gasteiger partial charge is 0.172 e. The van der Waals surface area contributed by atoms with Gasteiger partial charge in [-0.05, 0) is 80.7 Å². The van der Waals surface area contributed by atoms with E-state index in [0.717, 1.165) is 40.0 Å². The SMILES string of the molecule is S=C(NCC1(c2cccc(Cl)c2)CCOCC1)Nc1ncc(Br)cc1Br. The van der Waals surface area contributed by atoms with Crippen LogP contribution in [0.2, 0.25) is 5.02 Å². The van der Waals surface area contributed by atoms with Crippen LogP contribution < -0.4 is 10.6 Å². The highest BCUT2D eigenvalue weighted by Crippen LogP contribution is 2.35. The number of hydrogen-bond acceptors (Lipinski definition) is 3. The molecule has 3 rings (SSSR count). The van der Waals surface area contributed by atoms with Crippen molar-refractivity contribution in [3.05, 3.63) is 56.1 Å². The van der Waals surface area contributed by atoms with E-state index in [2.05, 4.69) is 53.5 Å². The first-order valence-corrected chi connectivity index (χ1v) is 10.6. The summed E-state index contributed by atoms with van der Waals surface area (Å²) in [5.41, 5.74) is 1.16. The van der Waals surface area contributed by atoms with Crippen LogP contribution in [0, 0.1) is 0 Å². The zero-order chi connectivity index (χ0) is 18.6. The summed E-state index contributed by atoms with van der Waals surface area (Å²) in [5, 5.41) is 7.77. The second-order valence-electron chi connectivity index (χ2n) is 6.19. The van der Waals surface area contributed by atoms with Gasteiger partial charge in [-0.1, -0.05) is 23.7 Å². The van der Waals surface area contributed by atoms with E-state index in [4.69, 9.17) is 28.6 Å². The minimum absolute atomic E-state index is 0.0563. The third kappa shape index (κ3) is 4.95. The van der Waals surface area contributed by atoms with Crippen LogP contribution in [0.3, 0.4) is 0 Å². The Kier molecular flexibility index (Phi) is 6.91. The molecule has 0 aliphatic carbocycles. The number of anilines is 1. The molecule has 4 nitrogen and oxygen atoms in total. The lowest BCUT2D eigenvalue weighted by molar-refractivity contribution is 0.0515. The van der Waals surface area contributed by atoms with Crippen LogP contribution in [0.1, 0.15) is 18.4 Å². The molecule has 0 amide bonds. The first-order chi connectivity index (χ1) is 12.5. The van der Waals surface area contributed by atoms with Crippen LogP contribution >= 0.6 is 55.7 Å². The van der Waals surface area contributed by atoms with Crippen molar-refractivity contribution in [1.29, 1.82) is 0 Å². The van der Waals surface area contributed by atoms with E-state index in [1.807, 2.05) is 24.3 Å². The lowest BCUT2D eigenvalue weighted by Crippen LogP contribution is -2.45. The Morgan fingerprint density at radius 1 is 1.27 bits per heavy atom. The van der Waals surface area contributed by atoms with Crippen molar-refractivity contribution in [3.63, 3.8) is 0 Å². The third-order valence-electron chi connectivity index (χ3n) is 4.51. The fourth-order valence-corrected chi connectivity index (χ4v) is 4.50. The Morgan fingerprint density at radius 3 is 2.73 bits per heavy atom. The Labute approximate surface area is 180 Å². The molecule has 2 aromatic rings. The Bertz CT molecular complexity index is 800. The number of thiocarbonyl (C=S) groups is 1. The van der Waals surface area contributed by atoms with Gasteiger partial charge in [0.05, 0.1) is 4.47 Å². The summed E-state index contributed by atoms with van der Waals surface area (Å²) in [5.74, 6) is 0.675. The highest BCUT2D eigenvalue weighted by molar-refractivity contribution is 9.11. The van der Waals surface area contributed by atoms with Gasteiger partial charge in [0, 0.05) is 40.9 Å². The second-order valence-corrected chi connectivity index (χ2v) is 8.81. The molecule has 1 aromatic heterocycles. The molecule has 0 spiro atoms. The summed E-state index contributed by atoms with van der Waals surface area (Å²) in [6.45, 7) is 2.17. The van der Waals surface area contributed by atoms with Crippen molar-refractivity contribution in [2.45, 2.75) is 18.3 Å². The van der Waals surface area contributed by atoms with Crippen molar-refractivity contribution in [1.82, 2.24) is 10.3 Å². The predicted molar refractivity (Wildman–Crippen MR) is 117 cm³/mol. The standard InChI is InChI=1S/C18H18Br2ClN3OS/c19-13-9-15(20)16(22-10-13)24-17(26)23-11-18(4-6-25-7-5-18)12-2-1-3-14(21)8-12/h1-3,8-10H,4-7,11H2,(H2,22,23,24,26). The normalized spacial score (nSPS) is 16.1. The minimum Gasteiger partial charge on any atom is -0.381 e. The van der Waals surface area contributed by atoms with Crippen LogP contribution in [-0.2, 0) is 10.2 Å². The molecule has 1 fully saturated rings. The number of nitrogens with zero attached hydrogens (tertiary/aromatic N) is 1. The number of benzene rings is 1. The summed E-state index contributed by atoms with van der Waals surface area (Å²) >= 11 is 18.6. The Hall–Kier alpha value is -0.730. The molecule has 138 valence electrons. The van der Waals surface area contributed by atoms with Gasteiger partial charge < -0.3 is 15.4 Å². The van der Waals surface area contributed by atoms with Gasteiger partial charge in [-0.3, -0.25) is 0 Å². The Balaban J connectivity index is 1.70. The molecule has 1 aliphatic heterocycles. The van der Waals surface area contributed by atoms with E-state index in [1.54, 1.807) is 6.20 Å². The van der Waals surface area contributed by atoms with Crippen molar-refractivity contribution in [2.24, 2.45) is 0 Å². The lowest BCUT2D eigenvalue weighted by atomic mass is 9.74. The first-order valence-electron chi connectivity index (χ1n) is 8.18. The molecule has 8 heteroatoms. The van der Waals surface area contributed by atoms with Crippen molar-refractivity contribution >= 4 is 66.6 Å². The first kappa shape index (κ1) is 20.0. The molecule has 26 heavy (non-hydrogen) atoms. The highest BCUT2D eigenvalue weighted by Gasteiger charge is 2.34.